The number of aromatic nitrogens is 3. The molecule has 7 heteroatoms. The van der Waals surface area contributed by atoms with Crippen LogP contribution in [0.5, 0.6) is 0 Å². The molecule has 4 heterocycles. The van der Waals surface area contributed by atoms with Gasteiger partial charge in [-0.05, 0) is 57.2 Å². The fourth-order valence-electron chi connectivity index (χ4n) is 4.39. The normalized spacial score (nSPS) is 14.8. The van der Waals surface area contributed by atoms with Gasteiger partial charge in [-0.15, -0.1) is 0 Å². The zero-order valence-corrected chi connectivity index (χ0v) is 19.9. The summed E-state index contributed by atoms with van der Waals surface area (Å²) in [5, 5.41) is 10.9. The summed E-state index contributed by atoms with van der Waals surface area (Å²) < 4.78 is 2.09. The van der Waals surface area contributed by atoms with Crippen LogP contribution in [0.2, 0.25) is 5.02 Å². The van der Waals surface area contributed by atoms with Gasteiger partial charge in [-0.3, -0.25) is 0 Å². The van der Waals surface area contributed by atoms with Crippen molar-refractivity contribution in [2.75, 3.05) is 36.0 Å². The molecule has 170 valence electrons. The molecule has 0 radical (unpaired) electrons. The van der Waals surface area contributed by atoms with Gasteiger partial charge in [0.15, 0.2) is 0 Å². The summed E-state index contributed by atoms with van der Waals surface area (Å²) in [6, 6.07) is 16.2. The van der Waals surface area contributed by atoms with Gasteiger partial charge in [-0.2, -0.15) is 0 Å². The Bertz CT molecular complexity index is 1280. The van der Waals surface area contributed by atoms with E-state index in [-0.39, 0.29) is 0 Å². The largest absolute Gasteiger partial charge is 0.386 e. The number of hydrogen-bond acceptors (Lipinski definition) is 5. The average Bonchev–Trinajstić information content (AvgIpc) is 3.15. The quantitative estimate of drug-likeness (QED) is 0.468. The highest BCUT2D eigenvalue weighted by Gasteiger charge is 2.22. The molecule has 0 atom stereocenters. The Morgan fingerprint density at radius 3 is 2.39 bits per heavy atom. The summed E-state index contributed by atoms with van der Waals surface area (Å²) in [6.45, 7) is 9.15. The Morgan fingerprint density at radius 1 is 0.970 bits per heavy atom. The molecule has 1 aliphatic heterocycles. The summed E-state index contributed by atoms with van der Waals surface area (Å²) in [5.41, 5.74) is 4.97. The Labute approximate surface area is 199 Å². The van der Waals surface area contributed by atoms with Crippen LogP contribution in [0.1, 0.15) is 25.1 Å². The van der Waals surface area contributed by atoms with Gasteiger partial charge in [0.25, 0.3) is 0 Å². The van der Waals surface area contributed by atoms with E-state index in [4.69, 9.17) is 16.6 Å². The Hall–Kier alpha value is -3.09. The van der Waals surface area contributed by atoms with Crippen molar-refractivity contribution in [2.24, 2.45) is 0 Å². The second-order valence-corrected chi connectivity index (χ2v) is 9.48. The number of benzene rings is 1. The van der Waals surface area contributed by atoms with Crippen molar-refractivity contribution in [2.45, 2.75) is 26.4 Å². The van der Waals surface area contributed by atoms with Gasteiger partial charge >= 0.3 is 0 Å². The number of halogens is 1. The molecule has 6 nitrogen and oxygen atoms in total. The molecule has 0 amide bonds. The third-order valence-electron chi connectivity index (χ3n) is 6.40. The maximum absolute atomic E-state index is 10.2. The van der Waals surface area contributed by atoms with Gasteiger partial charge < -0.3 is 19.3 Å². The van der Waals surface area contributed by atoms with E-state index in [1.807, 2.05) is 42.6 Å². The number of pyridine rings is 2. The van der Waals surface area contributed by atoms with E-state index < -0.39 is 5.60 Å². The lowest BCUT2D eigenvalue weighted by atomic mass is 10.0. The van der Waals surface area contributed by atoms with Crippen LogP contribution in [0.4, 0.5) is 11.5 Å². The highest BCUT2D eigenvalue weighted by Crippen LogP contribution is 2.34. The molecule has 0 aliphatic carbocycles. The number of imidazole rings is 1. The molecular formula is C26H28ClN5O. The van der Waals surface area contributed by atoms with Gasteiger partial charge in [0.2, 0.25) is 0 Å². The first kappa shape index (κ1) is 21.7. The van der Waals surface area contributed by atoms with Gasteiger partial charge in [0.05, 0.1) is 16.3 Å². The molecule has 0 spiro atoms. The molecular weight excluding hydrogens is 434 g/mol. The van der Waals surface area contributed by atoms with E-state index in [1.54, 1.807) is 20.0 Å². The summed E-state index contributed by atoms with van der Waals surface area (Å²) in [6.07, 6.45) is 3.80. The predicted molar refractivity (Wildman–Crippen MR) is 134 cm³/mol. The molecule has 1 aliphatic rings. The van der Waals surface area contributed by atoms with Crippen molar-refractivity contribution in [3.05, 3.63) is 77.2 Å². The first-order valence-corrected chi connectivity index (χ1v) is 11.6. The minimum atomic E-state index is -0.879. The molecule has 1 saturated heterocycles. The first-order chi connectivity index (χ1) is 15.8. The van der Waals surface area contributed by atoms with Crippen molar-refractivity contribution in [3.63, 3.8) is 0 Å². The molecule has 0 bridgehead atoms. The van der Waals surface area contributed by atoms with Crippen molar-refractivity contribution >= 4 is 28.8 Å². The minimum Gasteiger partial charge on any atom is -0.386 e. The smallest absolute Gasteiger partial charge is 0.137 e. The minimum absolute atomic E-state index is 0.708. The topological polar surface area (TPSA) is 56.9 Å². The van der Waals surface area contributed by atoms with E-state index in [0.29, 0.717) is 5.02 Å². The van der Waals surface area contributed by atoms with Gasteiger partial charge in [-0.25, -0.2) is 9.97 Å². The lowest BCUT2D eigenvalue weighted by Gasteiger charge is -2.37. The van der Waals surface area contributed by atoms with Gasteiger partial charge in [0.1, 0.15) is 11.5 Å². The number of piperazine rings is 1. The van der Waals surface area contributed by atoms with Crippen LogP contribution in [-0.4, -0.2) is 45.7 Å². The molecule has 5 rings (SSSR count). The standard InChI is InChI=1S/C26H28ClN5O/c1-18-25(29-24-6-4-5-11-32(18)24)21-16-20(8-9-22(21)27)30-12-14-31(15-13-30)23-10-7-19(17-28-23)26(2,3)33/h4-11,16-17,33H,12-15H2,1-3H3. The first-order valence-electron chi connectivity index (χ1n) is 11.2. The van der Waals surface area contributed by atoms with Gasteiger partial charge in [-0.1, -0.05) is 23.7 Å². The zero-order chi connectivity index (χ0) is 23.2. The molecule has 1 aromatic carbocycles. The summed E-state index contributed by atoms with van der Waals surface area (Å²) in [5.74, 6) is 0.944. The maximum Gasteiger partial charge on any atom is 0.137 e. The highest BCUT2D eigenvalue weighted by molar-refractivity contribution is 6.33. The van der Waals surface area contributed by atoms with E-state index >= 15 is 0 Å². The van der Waals surface area contributed by atoms with E-state index in [1.165, 1.54) is 0 Å². The Kier molecular flexibility index (Phi) is 5.51. The van der Waals surface area contributed by atoms with Crippen LogP contribution >= 0.6 is 11.6 Å². The van der Waals surface area contributed by atoms with E-state index in [0.717, 1.165) is 65.8 Å². The van der Waals surface area contributed by atoms with Crippen LogP contribution in [0.3, 0.4) is 0 Å². The van der Waals surface area contributed by atoms with Crippen molar-refractivity contribution in [1.29, 1.82) is 0 Å². The lowest BCUT2D eigenvalue weighted by molar-refractivity contribution is 0.0782. The predicted octanol–water partition coefficient (Wildman–Crippen LogP) is 4.91. The maximum atomic E-state index is 10.2. The Balaban J connectivity index is 1.35. The van der Waals surface area contributed by atoms with Crippen LogP contribution in [0.25, 0.3) is 16.9 Å². The summed E-state index contributed by atoms with van der Waals surface area (Å²) >= 11 is 6.62. The molecule has 4 aromatic rings. The summed E-state index contributed by atoms with van der Waals surface area (Å²) in [4.78, 5) is 14.1. The fraction of sp³-hybridized carbons (Fsp3) is 0.308. The molecule has 33 heavy (non-hydrogen) atoms. The number of aryl methyl sites for hydroxylation is 1. The molecule has 1 N–H and O–H groups in total. The zero-order valence-electron chi connectivity index (χ0n) is 19.2. The molecule has 3 aromatic heterocycles. The second kappa shape index (κ2) is 8.36. The molecule has 1 fully saturated rings. The molecule has 0 unspecified atom stereocenters. The SMILES string of the molecule is Cc1c(-c2cc(N3CCN(c4ccc(C(C)(C)O)cn4)CC3)ccc2Cl)nc2ccccn12. The van der Waals surface area contributed by atoms with Crippen LogP contribution in [-0.2, 0) is 5.60 Å². The number of nitrogens with zero attached hydrogens (tertiary/aromatic N) is 5. The van der Waals surface area contributed by atoms with E-state index in [9.17, 15) is 5.11 Å². The van der Waals surface area contributed by atoms with Crippen molar-refractivity contribution in [1.82, 2.24) is 14.4 Å². The van der Waals surface area contributed by atoms with Crippen molar-refractivity contribution < 1.29 is 5.11 Å². The number of anilines is 2. The van der Waals surface area contributed by atoms with Crippen LogP contribution in [0, 0.1) is 6.92 Å². The highest BCUT2D eigenvalue weighted by atomic mass is 35.5. The Morgan fingerprint density at radius 2 is 1.73 bits per heavy atom. The number of rotatable bonds is 4. The van der Waals surface area contributed by atoms with Crippen LogP contribution in [0.15, 0.2) is 60.9 Å². The number of aliphatic hydroxyl groups is 1. The third-order valence-corrected chi connectivity index (χ3v) is 6.73. The lowest BCUT2D eigenvalue weighted by Crippen LogP contribution is -2.46. The second-order valence-electron chi connectivity index (χ2n) is 9.08. The number of fused-ring (bicyclic) bond motifs is 1. The molecule has 0 saturated carbocycles. The van der Waals surface area contributed by atoms with E-state index in [2.05, 4.69) is 38.2 Å². The average molecular weight is 462 g/mol. The van der Waals surface area contributed by atoms with Crippen molar-refractivity contribution in [3.8, 4) is 11.3 Å². The van der Waals surface area contributed by atoms with Gasteiger partial charge in [0, 0.05) is 61.1 Å². The monoisotopic (exact) mass is 461 g/mol. The number of hydrogen-bond donors (Lipinski definition) is 1. The third kappa shape index (κ3) is 4.16. The van der Waals surface area contributed by atoms with Crippen LogP contribution < -0.4 is 9.80 Å². The fourth-order valence-corrected chi connectivity index (χ4v) is 4.60. The summed E-state index contributed by atoms with van der Waals surface area (Å²) in [7, 11) is 0.